The number of nitrogens with zero attached hydrogens (tertiary/aromatic N) is 3. The molecule has 142 valence electrons. The number of anilines is 1. The van der Waals surface area contributed by atoms with Crippen LogP contribution in [-0.2, 0) is 0 Å². The molecule has 2 aliphatic rings. The molecule has 0 bridgehead atoms. The summed E-state index contributed by atoms with van der Waals surface area (Å²) in [6.45, 7) is 0. The minimum Gasteiger partial charge on any atom is -0.378 e. The van der Waals surface area contributed by atoms with Crippen LogP contribution in [0.2, 0.25) is 0 Å². The Labute approximate surface area is 150 Å². The molecule has 8 heteroatoms. The lowest BCUT2D eigenvalue weighted by molar-refractivity contribution is -0.312. The van der Waals surface area contributed by atoms with E-state index in [-0.39, 0.29) is 22.7 Å². The van der Waals surface area contributed by atoms with Crippen LogP contribution < -0.4 is 4.90 Å². The van der Waals surface area contributed by atoms with Crippen molar-refractivity contribution in [3.8, 4) is 0 Å². The molecule has 0 spiro atoms. The first-order valence-corrected chi connectivity index (χ1v) is 8.64. The average Bonchev–Trinajstić information content (AvgIpc) is 2.74. The molecule has 1 aliphatic carbocycles. The van der Waals surface area contributed by atoms with Gasteiger partial charge in [-0.15, -0.1) is 0 Å². The van der Waals surface area contributed by atoms with Crippen LogP contribution in [0.4, 0.5) is 18.9 Å². The molecule has 0 aromatic heterocycles. The van der Waals surface area contributed by atoms with E-state index in [1.54, 1.807) is 12.1 Å². The number of aliphatic hydroxyl groups is 1. The fraction of sp³-hybridized carbons (Fsp3) is 0.556. The highest BCUT2D eigenvalue weighted by molar-refractivity contribution is 5.99. The molecule has 0 radical (unpaired) electrons. The van der Waals surface area contributed by atoms with E-state index in [9.17, 15) is 23.1 Å². The van der Waals surface area contributed by atoms with Crippen molar-refractivity contribution in [2.45, 2.75) is 44.0 Å². The van der Waals surface area contributed by atoms with Gasteiger partial charge in [-0.25, -0.2) is 0 Å². The summed E-state index contributed by atoms with van der Waals surface area (Å²) in [5.74, 6) is -2.15. The molecule has 2 atom stereocenters. The normalized spacial score (nSPS) is 26.2. The van der Waals surface area contributed by atoms with Gasteiger partial charge in [0.1, 0.15) is 0 Å². The lowest BCUT2D eigenvalue weighted by Crippen LogP contribution is -2.61. The molecule has 1 amide bonds. The van der Waals surface area contributed by atoms with Crippen LogP contribution >= 0.6 is 0 Å². The van der Waals surface area contributed by atoms with Gasteiger partial charge in [-0.1, -0.05) is 12.8 Å². The first-order valence-electron chi connectivity index (χ1n) is 8.64. The molecule has 1 aromatic carbocycles. The Kier molecular flexibility index (Phi) is 4.72. The van der Waals surface area contributed by atoms with Crippen molar-refractivity contribution in [3.05, 3.63) is 29.8 Å². The van der Waals surface area contributed by atoms with Gasteiger partial charge in [-0.3, -0.25) is 4.79 Å². The Morgan fingerprint density at radius 3 is 2.46 bits per heavy atom. The average molecular weight is 369 g/mol. The van der Waals surface area contributed by atoms with E-state index in [4.69, 9.17) is 0 Å². The number of carbonyl (C=O) groups excluding carboxylic acids is 1. The number of benzene rings is 1. The molecule has 1 heterocycles. The minimum atomic E-state index is -4.99. The van der Waals surface area contributed by atoms with Crippen molar-refractivity contribution >= 4 is 17.3 Å². The molecule has 1 fully saturated rings. The number of alkyl halides is 3. The van der Waals surface area contributed by atoms with Crippen LogP contribution in [0.15, 0.2) is 29.4 Å². The summed E-state index contributed by atoms with van der Waals surface area (Å²) in [4.78, 5) is 14.6. The van der Waals surface area contributed by atoms with Gasteiger partial charge in [0.15, 0.2) is 0 Å². The Morgan fingerprint density at radius 1 is 1.23 bits per heavy atom. The fourth-order valence-corrected chi connectivity index (χ4v) is 3.62. The van der Waals surface area contributed by atoms with E-state index in [0.29, 0.717) is 19.3 Å². The molecule has 0 unspecified atom stereocenters. The standard InChI is InChI=1S/C18H22F3N3O2/c1-23(2)13-10-8-12(9-11-13)16(25)24-17(26,18(19,20)21)14-6-4-3-5-7-15(14)22-24/h8-11,14,26H,3-7H2,1-2H3/t14-,17+/m1/s1. The van der Waals surface area contributed by atoms with Crippen molar-refractivity contribution < 1.29 is 23.1 Å². The second kappa shape index (κ2) is 6.57. The third-order valence-electron chi connectivity index (χ3n) is 5.11. The summed E-state index contributed by atoms with van der Waals surface area (Å²) in [6.07, 6.45) is -2.38. The second-order valence-electron chi connectivity index (χ2n) is 7.03. The van der Waals surface area contributed by atoms with Gasteiger partial charge in [-0.05, 0) is 43.5 Å². The van der Waals surface area contributed by atoms with Crippen LogP contribution in [0, 0.1) is 5.92 Å². The fourth-order valence-electron chi connectivity index (χ4n) is 3.62. The maximum Gasteiger partial charge on any atom is 0.439 e. The maximum absolute atomic E-state index is 13.8. The molecule has 3 rings (SSSR count). The molecule has 1 aliphatic heterocycles. The first kappa shape index (κ1) is 18.7. The largest absolute Gasteiger partial charge is 0.439 e. The summed E-state index contributed by atoms with van der Waals surface area (Å²) < 4.78 is 41.5. The SMILES string of the molecule is CN(C)c1ccc(C(=O)N2N=C3CCCCC[C@H]3[C@]2(O)C(F)(F)F)cc1. The van der Waals surface area contributed by atoms with Gasteiger partial charge >= 0.3 is 6.18 Å². The molecular weight excluding hydrogens is 347 g/mol. The van der Waals surface area contributed by atoms with E-state index in [2.05, 4.69) is 5.10 Å². The van der Waals surface area contributed by atoms with Crippen LogP contribution in [0.1, 0.15) is 42.5 Å². The van der Waals surface area contributed by atoms with Crippen molar-refractivity contribution in [2.24, 2.45) is 11.0 Å². The monoisotopic (exact) mass is 369 g/mol. The molecule has 5 nitrogen and oxygen atoms in total. The molecule has 1 N–H and O–H groups in total. The highest BCUT2D eigenvalue weighted by Crippen LogP contribution is 2.48. The Hall–Kier alpha value is -2.09. The lowest BCUT2D eigenvalue weighted by atomic mass is 9.87. The lowest BCUT2D eigenvalue weighted by Gasteiger charge is -2.37. The topological polar surface area (TPSA) is 56.1 Å². The van der Waals surface area contributed by atoms with Gasteiger partial charge in [0.25, 0.3) is 11.6 Å². The third-order valence-corrected chi connectivity index (χ3v) is 5.11. The number of hydrazone groups is 1. The van der Waals surface area contributed by atoms with Gasteiger partial charge in [0.2, 0.25) is 0 Å². The Balaban J connectivity index is 1.99. The van der Waals surface area contributed by atoms with Crippen molar-refractivity contribution in [2.75, 3.05) is 19.0 Å². The second-order valence-corrected chi connectivity index (χ2v) is 7.03. The van der Waals surface area contributed by atoms with Crippen molar-refractivity contribution in [1.82, 2.24) is 5.01 Å². The highest BCUT2D eigenvalue weighted by atomic mass is 19.4. The first-order chi connectivity index (χ1) is 12.2. The van der Waals surface area contributed by atoms with Crippen LogP contribution in [0.3, 0.4) is 0 Å². The molecule has 1 aromatic rings. The summed E-state index contributed by atoms with van der Waals surface area (Å²) >= 11 is 0. The maximum atomic E-state index is 13.8. The van der Waals surface area contributed by atoms with Crippen LogP contribution in [0.25, 0.3) is 0 Å². The number of rotatable bonds is 2. The minimum absolute atomic E-state index is 0.0547. The smallest absolute Gasteiger partial charge is 0.378 e. The number of amides is 1. The number of hydrogen-bond donors (Lipinski definition) is 1. The van der Waals surface area contributed by atoms with E-state index in [1.165, 1.54) is 12.1 Å². The Morgan fingerprint density at radius 2 is 1.88 bits per heavy atom. The number of halogens is 3. The van der Waals surface area contributed by atoms with Crippen LogP contribution in [-0.4, -0.2) is 47.7 Å². The summed E-state index contributed by atoms with van der Waals surface area (Å²) in [7, 11) is 3.64. The van der Waals surface area contributed by atoms with Gasteiger partial charge in [0.05, 0.1) is 5.92 Å². The quantitative estimate of drug-likeness (QED) is 0.869. The molecule has 1 saturated carbocycles. The van der Waals surface area contributed by atoms with E-state index < -0.39 is 23.7 Å². The van der Waals surface area contributed by atoms with Gasteiger partial charge in [-0.2, -0.15) is 23.3 Å². The zero-order chi connectivity index (χ0) is 19.1. The summed E-state index contributed by atoms with van der Waals surface area (Å²) in [5, 5.41) is 14.8. The van der Waals surface area contributed by atoms with Crippen LogP contribution in [0.5, 0.6) is 0 Å². The molecular formula is C18H22F3N3O2. The summed E-state index contributed by atoms with van der Waals surface area (Å²) in [5.41, 5.74) is -2.16. The summed E-state index contributed by atoms with van der Waals surface area (Å²) in [6, 6.07) is 6.17. The third kappa shape index (κ3) is 2.96. The predicted molar refractivity (Wildman–Crippen MR) is 92.0 cm³/mol. The van der Waals surface area contributed by atoms with Gasteiger partial charge < -0.3 is 10.0 Å². The molecule has 26 heavy (non-hydrogen) atoms. The molecule has 0 saturated heterocycles. The number of carbonyl (C=O) groups is 1. The van der Waals surface area contributed by atoms with E-state index in [0.717, 1.165) is 12.1 Å². The van der Waals surface area contributed by atoms with Crippen molar-refractivity contribution in [1.29, 1.82) is 0 Å². The number of fused-ring (bicyclic) bond motifs is 1. The zero-order valence-corrected chi connectivity index (χ0v) is 14.8. The highest BCUT2D eigenvalue weighted by Gasteiger charge is 2.68. The predicted octanol–water partition coefficient (Wildman–Crippen LogP) is 3.40. The zero-order valence-electron chi connectivity index (χ0n) is 14.8. The number of hydrogen-bond acceptors (Lipinski definition) is 4. The van der Waals surface area contributed by atoms with E-state index in [1.807, 2.05) is 19.0 Å². The van der Waals surface area contributed by atoms with Gasteiger partial charge in [0, 0.05) is 31.1 Å². The Bertz CT molecular complexity index is 715. The van der Waals surface area contributed by atoms with Crippen molar-refractivity contribution in [3.63, 3.8) is 0 Å². The van der Waals surface area contributed by atoms with E-state index >= 15 is 0 Å².